The highest BCUT2D eigenvalue weighted by atomic mass is 35.5. The minimum absolute atomic E-state index is 0.159. The molecule has 0 unspecified atom stereocenters. The van der Waals surface area contributed by atoms with Crippen LogP contribution in [0.4, 0.5) is 0 Å². The predicted octanol–water partition coefficient (Wildman–Crippen LogP) is 3.54. The van der Waals surface area contributed by atoms with Crippen LogP contribution in [-0.4, -0.2) is 22.5 Å². The molecule has 3 rings (SSSR count). The second kappa shape index (κ2) is 5.90. The number of carbonyl (C=O) groups excluding carboxylic acids is 1. The quantitative estimate of drug-likeness (QED) is 0.868. The number of aromatic nitrogens is 1. The van der Waals surface area contributed by atoms with Crippen LogP contribution >= 0.6 is 11.6 Å². The van der Waals surface area contributed by atoms with Crippen molar-refractivity contribution < 1.29 is 9.32 Å². The topological polar surface area (TPSA) is 46.3 Å². The van der Waals surface area contributed by atoms with Gasteiger partial charge in [0.1, 0.15) is 0 Å². The standard InChI is InChI=1S/C16H17ClN2O2/c1-11-13(16(17)21-18-11)7-8-15(20)19-10-9-14(19)12-5-3-2-4-6-12/h2-6,14H,7-10H2,1H3/t14-/m1/s1. The molecule has 1 atom stereocenters. The summed E-state index contributed by atoms with van der Waals surface area (Å²) in [5, 5.41) is 4.10. The van der Waals surface area contributed by atoms with Crippen LogP contribution in [0.15, 0.2) is 34.9 Å². The summed E-state index contributed by atoms with van der Waals surface area (Å²) in [5.74, 6) is 0.159. The largest absolute Gasteiger partial charge is 0.344 e. The van der Waals surface area contributed by atoms with Gasteiger partial charge in [-0.05, 0) is 36.9 Å². The van der Waals surface area contributed by atoms with Crippen LogP contribution in [0, 0.1) is 6.92 Å². The fourth-order valence-corrected chi connectivity index (χ4v) is 2.99. The third-order valence-electron chi connectivity index (χ3n) is 4.05. The predicted molar refractivity (Wildman–Crippen MR) is 80.1 cm³/mol. The van der Waals surface area contributed by atoms with Crippen LogP contribution < -0.4 is 0 Å². The summed E-state index contributed by atoms with van der Waals surface area (Å²) in [4.78, 5) is 14.3. The van der Waals surface area contributed by atoms with Gasteiger partial charge in [-0.15, -0.1) is 0 Å². The Morgan fingerprint density at radius 2 is 2.19 bits per heavy atom. The molecule has 1 fully saturated rings. The number of hydrogen-bond acceptors (Lipinski definition) is 3. The maximum absolute atomic E-state index is 12.4. The second-order valence-electron chi connectivity index (χ2n) is 5.32. The first-order valence-electron chi connectivity index (χ1n) is 7.12. The Bertz CT molecular complexity index is 619. The molecule has 110 valence electrons. The number of hydrogen-bond donors (Lipinski definition) is 0. The lowest BCUT2D eigenvalue weighted by atomic mass is 9.94. The molecule has 1 amide bonds. The van der Waals surface area contributed by atoms with Crippen molar-refractivity contribution in [1.29, 1.82) is 0 Å². The Morgan fingerprint density at radius 1 is 1.43 bits per heavy atom. The van der Waals surface area contributed by atoms with Crippen LogP contribution in [0.1, 0.15) is 35.7 Å². The zero-order chi connectivity index (χ0) is 14.8. The van der Waals surface area contributed by atoms with Crippen LogP contribution in [-0.2, 0) is 11.2 Å². The number of amides is 1. The first kappa shape index (κ1) is 14.1. The van der Waals surface area contributed by atoms with Gasteiger partial charge in [-0.1, -0.05) is 35.5 Å². The van der Waals surface area contributed by atoms with E-state index < -0.39 is 0 Å². The first-order valence-corrected chi connectivity index (χ1v) is 7.49. The van der Waals surface area contributed by atoms with Gasteiger partial charge >= 0.3 is 0 Å². The van der Waals surface area contributed by atoms with Gasteiger partial charge in [0.25, 0.3) is 0 Å². The number of halogens is 1. The van der Waals surface area contributed by atoms with Crippen molar-refractivity contribution in [3.63, 3.8) is 0 Å². The molecule has 1 aliphatic heterocycles. The van der Waals surface area contributed by atoms with Gasteiger partial charge in [0.05, 0.1) is 11.7 Å². The van der Waals surface area contributed by atoms with E-state index in [1.165, 1.54) is 5.56 Å². The fraction of sp³-hybridized carbons (Fsp3) is 0.375. The SMILES string of the molecule is Cc1noc(Cl)c1CCC(=O)N1CC[C@@H]1c1ccccc1. The lowest BCUT2D eigenvalue weighted by Gasteiger charge is -2.41. The Kier molecular flexibility index (Phi) is 3.97. The van der Waals surface area contributed by atoms with Crippen molar-refractivity contribution in [2.75, 3.05) is 6.54 Å². The van der Waals surface area contributed by atoms with Crippen molar-refractivity contribution in [1.82, 2.24) is 10.1 Å². The molecule has 2 aromatic rings. The summed E-state index contributed by atoms with van der Waals surface area (Å²) in [7, 11) is 0. The Hall–Kier alpha value is -1.81. The van der Waals surface area contributed by atoms with Crippen LogP contribution in [0.25, 0.3) is 0 Å². The monoisotopic (exact) mass is 304 g/mol. The molecule has 1 saturated heterocycles. The minimum atomic E-state index is 0.159. The summed E-state index contributed by atoms with van der Waals surface area (Å²) in [6, 6.07) is 10.4. The lowest BCUT2D eigenvalue weighted by molar-refractivity contribution is -0.139. The molecule has 4 nitrogen and oxygen atoms in total. The van der Waals surface area contributed by atoms with Gasteiger partial charge in [0.2, 0.25) is 11.1 Å². The van der Waals surface area contributed by atoms with Gasteiger partial charge in [-0.3, -0.25) is 4.79 Å². The average Bonchev–Trinajstić information content (AvgIpc) is 2.76. The number of nitrogens with zero attached hydrogens (tertiary/aromatic N) is 2. The van der Waals surface area contributed by atoms with E-state index in [1.807, 2.05) is 30.0 Å². The smallest absolute Gasteiger partial charge is 0.229 e. The number of aryl methyl sites for hydroxylation is 1. The van der Waals surface area contributed by atoms with Crippen molar-refractivity contribution in [3.8, 4) is 0 Å². The van der Waals surface area contributed by atoms with Gasteiger partial charge < -0.3 is 9.42 Å². The zero-order valence-corrected chi connectivity index (χ0v) is 12.6. The Labute approximate surface area is 128 Å². The van der Waals surface area contributed by atoms with E-state index in [0.717, 1.165) is 24.2 Å². The lowest BCUT2D eigenvalue weighted by Crippen LogP contribution is -2.45. The highest BCUT2D eigenvalue weighted by molar-refractivity contribution is 6.29. The number of carbonyl (C=O) groups is 1. The maximum Gasteiger partial charge on any atom is 0.229 e. The van der Waals surface area contributed by atoms with E-state index in [0.29, 0.717) is 18.1 Å². The average molecular weight is 305 g/mol. The molecule has 0 spiro atoms. The normalized spacial score (nSPS) is 17.6. The fourth-order valence-electron chi connectivity index (χ4n) is 2.72. The van der Waals surface area contributed by atoms with E-state index in [4.69, 9.17) is 16.1 Å². The molecule has 21 heavy (non-hydrogen) atoms. The summed E-state index contributed by atoms with van der Waals surface area (Å²) in [6.07, 6.45) is 2.04. The number of likely N-dealkylation sites (tertiary alicyclic amines) is 1. The molecule has 2 heterocycles. The number of rotatable bonds is 4. The molecule has 0 aliphatic carbocycles. The summed E-state index contributed by atoms with van der Waals surface area (Å²) in [5.41, 5.74) is 2.80. The first-order chi connectivity index (χ1) is 10.2. The molecule has 0 N–H and O–H groups in total. The zero-order valence-electron chi connectivity index (χ0n) is 11.9. The Balaban J connectivity index is 1.61. The molecule has 5 heteroatoms. The molecule has 0 radical (unpaired) electrons. The summed E-state index contributed by atoms with van der Waals surface area (Å²) >= 11 is 5.93. The highest BCUT2D eigenvalue weighted by Gasteiger charge is 2.32. The molecule has 0 saturated carbocycles. The van der Waals surface area contributed by atoms with E-state index in [2.05, 4.69) is 17.3 Å². The van der Waals surface area contributed by atoms with Crippen molar-refractivity contribution >= 4 is 17.5 Å². The van der Waals surface area contributed by atoms with E-state index in [1.54, 1.807) is 0 Å². The van der Waals surface area contributed by atoms with Crippen molar-refractivity contribution in [2.24, 2.45) is 0 Å². The number of benzene rings is 1. The van der Waals surface area contributed by atoms with Gasteiger partial charge in [0, 0.05) is 18.5 Å². The van der Waals surface area contributed by atoms with E-state index in [-0.39, 0.29) is 11.9 Å². The highest BCUT2D eigenvalue weighted by Crippen LogP contribution is 2.34. The van der Waals surface area contributed by atoms with Crippen molar-refractivity contribution in [2.45, 2.75) is 32.2 Å². The van der Waals surface area contributed by atoms with E-state index in [9.17, 15) is 4.79 Å². The summed E-state index contributed by atoms with van der Waals surface area (Å²) < 4.78 is 4.91. The van der Waals surface area contributed by atoms with Crippen LogP contribution in [0.5, 0.6) is 0 Å². The van der Waals surface area contributed by atoms with Gasteiger partial charge in [-0.2, -0.15) is 0 Å². The summed E-state index contributed by atoms with van der Waals surface area (Å²) in [6.45, 7) is 2.67. The molecular weight excluding hydrogens is 288 g/mol. The molecule has 1 aromatic carbocycles. The third kappa shape index (κ3) is 2.81. The molecular formula is C16H17ClN2O2. The van der Waals surface area contributed by atoms with Crippen LogP contribution in [0.2, 0.25) is 5.22 Å². The third-order valence-corrected chi connectivity index (χ3v) is 4.35. The molecule has 1 aliphatic rings. The van der Waals surface area contributed by atoms with Gasteiger partial charge in [-0.25, -0.2) is 0 Å². The molecule has 1 aromatic heterocycles. The van der Waals surface area contributed by atoms with E-state index >= 15 is 0 Å². The molecule has 0 bridgehead atoms. The van der Waals surface area contributed by atoms with Crippen molar-refractivity contribution in [3.05, 3.63) is 52.4 Å². The second-order valence-corrected chi connectivity index (χ2v) is 5.67. The van der Waals surface area contributed by atoms with Gasteiger partial charge in [0.15, 0.2) is 0 Å². The minimum Gasteiger partial charge on any atom is -0.344 e. The van der Waals surface area contributed by atoms with Crippen LogP contribution in [0.3, 0.4) is 0 Å². The Morgan fingerprint density at radius 3 is 2.76 bits per heavy atom. The maximum atomic E-state index is 12.4.